The van der Waals surface area contributed by atoms with Gasteiger partial charge in [0.15, 0.2) is 0 Å². The second-order valence-electron chi connectivity index (χ2n) is 8.10. The molecule has 0 N–H and O–H groups in total. The van der Waals surface area contributed by atoms with Crippen LogP contribution in [0.1, 0.15) is 31.2 Å². The number of hydrogen-bond acceptors (Lipinski definition) is 5. The number of methoxy groups -OCH3 is 1. The van der Waals surface area contributed by atoms with Gasteiger partial charge in [-0.1, -0.05) is 19.1 Å². The Hall–Kier alpha value is -2.80. The predicted molar refractivity (Wildman–Crippen MR) is 118 cm³/mol. The number of benzene rings is 2. The molecule has 4 rings (SSSR count). The lowest BCUT2D eigenvalue weighted by Crippen LogP contribution is -2.36. The summed E-state index contributed by atoms with van der Waals surface area (Å²) in [5, 5.41) is 0. The molecule has 0 bridgehead atoms. The summed E-state index contributed by atoms with van der Waals surface area (Å²) in [7, 11) is 1.65. The number of rotatable bonds is 7. The minimum Gasteiger partial charge on any atom is -0.497 e. The number of halogens is 1. The maximum absolute atomic E-state index is 14.7. The van der Waals surface area contributed by atoms with E-state index in [2.05, 4.69) is 19.1 Å². The Kier molecular flexibility index (Phi) is 6.61. The Morgan fingerprint density at radius 3 is 2.58 bits per heavy atom. The van der Waals surface area contributed by atoms with Crippen LogP contribution in [-0.2, 0) is 9.47 Å². The van der Waals surface area contributed by atoms with Crippen molar-refractivity contribution in [3.05, 3.63) is 53.8 Å². The van der Waals surface area contributed by atoms with Crippen molar-refractivity contribution in [1.82, 2.24) is 0 Å². The van der Waals surface area contributed by atoms with Gasteiger partial charge in [-0.15, -0.1) is 0 Å². The summed E-state index contributed by atoms with van der Waals surface area (Å²) >= 11 is 0. The van der Waals surface area contributed by atoms with Crippen LogP contribution in [0, 0.1) is 5.82 Å². The lowest BCUT2D eigenvalue weighted by Gasteiger charge is -2.29. The van der Waals surface area contributed by atoms with Crippen LogP contribution in [0.15, 0.2) is 42.5 Å². The summed E-state index contributed by atoms with van der Waals surface area (Å²) in [6.07, 6.45) is 1.03. The predicted octanol–water partition coefficient (Wildman–Crippen LogP) is 4.58. The van der Waals surface area contributed by atoms with E-state index in [1.54, 1.807) is 19.2 Å². The fraction of sp³-hybridized carbons (Fsp3) is 0.458. The first-order valence-electron chi connectivity index (χ1n) is 10.8. The zero-order valence-corrected chi connectivity index (χ0v) is 18.1. The SMILES string of the molecule is COc1ccc([C@H](C)CC[C@@H]2CN(c3ccc(N4CCOCC4)c(F)c3)C(=O)O2)cc1. The topological polar surface area (TPSA) is 51.2 Å². The number of carbonyl (C=O) groups is 1. The smallest absolute Gasteiger partial charge is 0.414 e. The largest absolute Gasteiger partial charge is 0.497 e. The molecule has 6 nitrogen and oxygen atoms in total. The number of hydrogen-bond donors (Lipinski definition) is 0. The molecule has 2 atom stereocenters. The van der Waals surface area contributed by atoms with Crippen LogP contribution in [0.5, 0.6) is 5.75 Å². The number of nitrogens with zero attached hydrogens (tertiary/aromatic N) is 2. The number of morpholine rings is 1. The van der Waals surface area contributed by atoms with E-state index in [-0.39, 0.29) is 11.9 Å². The minimum atomic E-state index is -0.416. The molecule has 166 valence electrons. The Labute approximate surface area is 182 Å². The van der Waals surface area contributed by atoms with Crippen molar-refractivity contribution in [3.8, 4) is 5.75 Å². The number of cyclic esters (lactones) is 1. The van der Waals surface area contributed by atoms with Gasteiger partial charge in [-0.25, -0.2) is 9.18 Å². The van der Waals surface area contributed by atoms with Crippen LogP contribution >= 0.6 is 0 Å². The maximum atomic E-state index is 14.7. The zero-order valence-electron chi connectivity index (χ0n) is 18.1. The number of ether oxygens (including phenoxy) is 3. The van der Waals surface area contributed by atoms with E-state index in [4.69, 9.17) is 14.2 Å². The minimum absolute atomic E-state index is 0.199. The molecule has 2 aromatic carbocycles. The number of amides is 1. The molecule has 2 saturated heterocycles. The molecule has 7 heteroatoms. The highest BCUT2D eigenvalue weighted by atomic mass is 19.1. The second kappa shape index (κ2) is 9.56. The molecule has 2 aliphatic rings. The van der Waals surface area contributed by atoms with E-state index >= 15 is 0 Å². The summed E-state index contributed by atoms with van der Waals surface area (Å²) < 4.78 is 30.8. The highest BCUT2D eigenvalue weighted by Gasteiger charge is 2.33. The molecule has 31 heavy (non-hydrogen) atoms. The molecule has 2 fully saturated rings. The molecule has 0 saturated carbocycles. The molecule has 0 unspecified atom stereocenters. The van der Waals surface area contributed by atoms with Crippen molar-refractivity contribution in [2.75, 3.05) is 49.8 Å². The average Bonchev–Trinajstić information content (AvgIpc) is 3.18. The molecule has 0 aliphatic carbocycles. The van der Waals surface area contributed by atoms with Crippen molar-refractivity contribution in [3.63, 3.8) is 0 Å². The van der Waals surface area contributed by atoms with Gasteiger partial charge in [-0.05, 0) is 54.7 Å². The number of carbonyl (C=O) groups excluding carboxylic acids is 1. The van der Waals surface area contributed by atoms with Gasteiger partial charge in [-0.3, -0.25) is 4.90 Å². The first-order valence-corrected chi connectivity index (χ1v) is 10.8. The van der Waals surface area contributed by atoms with Crippen LogP contribution in [0.4, 0.5) is 20.6 Å². The van der Waals surface area contributed by atoms with Gasteiger partial charge in [0.05, 0.1) is 38.2 Å². The van der Waals surface area contributed by atoms with Gasteiger partial charge in [0, 0.05) is 13.1 Å². The summed E-state index contributed by atoms with van der Waals surface area (Å²) in [5.41, 5.74) is 2.30. The quantitative estimate of drug-likeness (QED) is 0.646. The summed E-state index contributed by atoms with van der Waals surface area (Å²) in [6, 6.07) is 13.0. The third kappa shape index (κ3) is 4.93. The van der Waals surface area contributed by atoms with Crippen LogP contribution in [-0.4, -0.2) is 52.2 Å². The zero-order chi connectivity index (χ0) is 21.8. The first-order chi connectivity index (χ1) is 15.0. The fourth-order valence-corrected chi connectivity index (χ4v) is 4.14. The van der Waals surface area contributed by atoms with E-state index in [0.29, 0.717) is 50.1 Å². The van der Waals surface area contributed by atoms with Crippen molar-refractivity contribution in [2.24, 2.45) is 0 Å². The van der Waals surface area contributed by atoms with Gasteiger partial charge in [0.2, 0.25) is 0 Å². The molecule has 0 radical (unpaired) electrons. The van der Waals surface area contributed by atoms with Gasteiger partial charge < -0.3 is 19.1 Å². The molecular weight excluding hydrogens is 399 g/mol. The molecule has 0 spiro atoms. The summed E-state index contributed by atoms with van der Waals surface area (Å²) in [5.74, 6) is 0.843. The van der Waals surface area contributed by atoms with Gasteiger partial charge >= 0.3 is 6.09 Å². The normalized spacial score (nSPS) is 20.0. The molecule has 1 amide bonds. The van der Waals surface area contributed by atoms with Crippen LogP contribution in [0.3, 0.4) is 0 Å². The average molecular weight is 429 g/mol. The van der Waals surface area contributed by atoms with Crippen molar-refractivity contribution in [2.45, 2.75) is 31.8 Å². The van der Waals surface area contributed by atoms with E-state index in [9.17, 15) is 9.18 Å². The van der Waals surface area contributed by atoms with E-state index in [1.807, 2.05) is 17.0 Å². The Balaban J connectivity index is 1.35. The van der Waals surface area contributed by atoms with Crippen molar-refractivity contribution in [1.29, 1.82) is 0 Å². The standard InChI is InChI=1S/C24H29FN2O4/c1-17(18-4-8-20(29-2)9-5-18)3-7-21-16-27(24(28)31-21)19-6-10-23(22(25)15-19)26-11-13-30-14-12-26/h4-6,8-10,15,17,21H,3,7,11-14,16H2,1-2H3/t17-,21-/m1/s1. The van der Waals surface area contributed by atoms with Crippen molar-refractivity contribution < 1.29 is 23.4 Å². The highest BCUT2D eigenvalue weighted by molar-refractivity contribution is 5.90. The molecular formula is C24H29FN2O4. The van der Waals surface area contributed by atoms with E-state index in [1.165, 1.54) is 16.5 Å². The van der Waals surface area contributed by atoms with Crippen LogP contribution in [0.2, 0.25) is 0 Å². The first kappa shape index (κ1) is 21.4. The van der Waals surface area contributed by atoms with Crippen LogP contribution in [0.25, 0.3) is 0 Å². The Morgan fingerprint density at radius 2 is 1.90 bits per heavy atom. The Morgan fingerprint density at radius 1 is 1.16 bits per heavy atom. The monoisotopic (exact) mass is 428 g/mol. The maximum Gasteiger partial charge on any atom is 0.414 e. The van der Waals surface area contributed by atoms with E-state index < -0.39 is 6.09 Å². The lowest BCUT2D eigenvalue weighted by atomic mass is 9.95. The van der Waals surface area contributed by atoms with Crippen molar-refractivity contribution >= 4 is 17.5 Å². The van der Waals surface area contributed by atoms with Gasteiger partial charge in [-0.2, -0.15) is 0 Å². The third-order valence-corrected chi connectivity index (χ3v) is 6.08. The van der Waals surface area contributed by atoms with Crippen LogP contribution < -0.4 is 14.5 Å². The van der Waals surface area contributed by atoms with Gasteiger partial charge in [0.25, 0.3) is 0 Å². The van der Waals surface area contributed by atoms with Gasteiger partial charge in [0.1, 0.15) is 17.7 Å². The fourth-order valence-electron chi connectivity index (χ4n) is 4.14. The summed E-state index contributed by atoms with van der Waals surface area (Å²) in [6.45, 7) is 5.11. The molecule has 2 aliphatic heterocycles. The lowest BCUT2D eigenvalue weighted by molar-refractivity contribution is 0.122. The third-order valence-electron chi connectivity index (χ3n) is 6.08. The summed E-state index contributed by atoms with van der Waals surface area (Å²) in [4.78, 5) is 15.9. The highest BCUT2D eigenvalue weighted by Crippen LogP contribution is 2.30. The molecule has 0 aromatic heterocycles. The second-order valence-corrected chi connectivity index (χ2v) is 8.10. The number of anilines is 2. The molecule has 2 heterocycles. The molecule has 2 aromatic rings. The van der Waals surface area contributed by atoms with E-state index in [0.717, 1.165) is 18.6 Å². The Bertz CT molecular complexity index is 899.